The van der Waals surface area contributed by atoms with Crippen molar-refractivity contribution < 1.29 is 23.9 Å². The fourth-order valence-electron chi connectivity index (χ4n) is 3.90. The van der Waals surface area contributed by atoms with Crippen LogP contribution >= 0.6 is 11.3 Å². The Labute approximate surface area is 200 Å². The molecule has 4 rings (SSSR count). The van der Waals surface area contributed by atoms with Gasteiger partial charge in [0.05, 0.1) is 12.0 Å². The van der Waals surface area contributed by atoms with Crippen LogP contribution in [0.15, 0.2) is 66.0 Å². The zero-order valence-electron chi connectivity index (χ0n) is 18.4. The Morgan fingerprint density at radius 1 is 1.09 bits per heavy atom. The molecule has 1 aromatic heterocycles. The normalized spacial score (nSPS) is 17.4. The van der Waals surface area contributed by atoms with Crippen LogP contribution in [0.1, 0.15) is 33.3 Å². The summed E-state index contributed by atoms with van der Waals surface area (Å²) in [5, 5.41) is 4.49. The Kier molecular flexibility index (Phi) is 6.74. The third-order valence-electron chi connectivity index (χ3n) is 5.57. The number of hydrogen-bond donors (Lipinski definition) is 2. The molecule has 9 heteroatoms. The molecular weight excluding hydrogens is 454 g/mol. The average molecular weight is 478 g/mol. The van der Waals surface area contributed by atoms with Crippen LogP contribution in [0, 0.1) is 12.8 Å². The molecule has 34 heavy (non-hydrogen) atoms. The maximum atomic E-state index is 13.0. The third kappa shape index (κ3) is 4.99. The molecule has 2 unspecified atom stereocenters. The fraction of sp³-hybridized carbons (Fsp3) is 0.200. The summed E-state index contributed by atoms with van der Waals surface area (Å²) in [5.74, 6) is -2.63. The average Bonchev–Trinajstić information content (AvgIpc) is 3.46. The number of hydrogen-bond acceptors (Lipinski definition) is 6. The van der Waals surface area contributed by atoms with E-state index in [9.17, 15) is 19.2 Å². The van der Waals surface area contributed by atoms with Gasteiger partial charge in [-0.25, -0.2) is 0 Å². The number of aryl methyl sites for hydroxylation is 1. The van der Waals surface area contributed by atoms with Gasteiger partial charge in [-0.05, 0) is 54.8 Å². The van der Waals surface area contributed by atoms with Gasteiger partial charge in [0, 0.05) is 28.2 Å². The number of carbonyl (C=O) groups is 4. The molecule has 0 radical (unpaired) electrons. The van der Waals surface area contributed by atoms with E-state index in [0.29, 0.717) is 16.9 Å². The highest BCUT2D eigenvalue weighted by Crippen LogP contribution is 2.43. The first-order chi connectivity index (χ1) is 16.3. The van der Waals surface area contributed by atoms with Crippen molar-refractivity contribution in [2.45, 2.75) is 19.4 Å². The maximum absolute atomic E-state index is 13.0. The van der Waals surface area contributed by atoms with Crippen molar-refractivity contribution in [1.82, 2.24) is 0 Å². The number of amides is 3. The van der Waals surface area contributed by atoms with Gasteiger partial charge in [0.2, 0.25) is 11.8 Å². The number of primary amides is 1. The van der Waals surface area contributed by atoms with E-state index >= 15 is 0 Å². The fourth-order valence-corrected chi connectivity index (χ4v) is 4.78. The van der Waals surface area contributed by atoms with Crippen molar-refractivity contribution in [2.24, 2.45) is 11.7 Å². The highest BCUT2D eigenvalue weighted by atomic mass is 32.1. The van der Waals surface area contributed by atoms with Crippen LogP contribution in [-0.2, 0) is 19.1 Å². The molecule has 0 saturated carbocycles. The number of carbonyl (C=O) groups excluding carboxylic acids is 4. The summed E-state index contributed by atoms with van der Waals surface area (Å²) in [6.45, 7) is 1.46. The molecule has 8 nitrogen and oxygen atoms in total. The van der Waals surface area contributed by atoms with Crippen LogP contribution in [0.3, 0.4) is 0 Å². The van der Waals surface area contributed by atoms with Gasteiger partial charge in [0.1, 0.15) is 0 Å². The molecule has 0 bridgehead atoms. The highest BCUT2D eigenvalue weighted by molar-refractivity contribution is 7.10. The summed E-state index contributed by atoms with van der Waals surface area (Å²) in [5.41, 5.74) is 7.73. The number of nitrogens with two attached hydrogens (primary N) is 1. The lowest BCUT2D eigenvalue weighted by molar-refractivity contribution is -0.152. The van der Waals surface area contributed by atoms with Gasteiger partial charge in [0.15, 0.2) is 6.61 Å². The molecule has 1 aliphatic rings. The maximum Gasteiger partial charge on any atom is 0.312 e. The van der Waals surface area contributed by atoms with Crippen molar-refractivity contribution in [2.75, 3.05) is 16.8 Å². The molecule has 2 aromatic carbocycles. The minimum atomic E-state index is -0.741. The lowest BCUT2D eigenvalue weighted by Crippen LogP contribution is -2.31. The number of rotatable bonds is 7. The topological polar surface area (TPSA) is 119 Å². The number of benzene rings is 2. The Bertz CT molecular complexity index is 1210. The number of nitrogens with one attached hydrogen (secondary N) is 1. The van der Waals surface area contributed by atoms with Crippen molar-refractivity contribution in [3.8, 4) is 0 Å². The van der Waals surface area contributed by atoms with Crippen molar-refractivity contribution in [3.05, 3.63) is 82.0 Å². The second kappa shape index (κ2) is 9.88. The van der Waals surface area contributed by atoms with Crippen molar-refractivity contribution in [3.63, 3.8) is 0 Å². The zero-order valence-corrected chi connectivity index (χ0v) is 19.2. The summed E-state index contributed by atoms with van der Waals surface area (Å²) in [7, 11) is 0. The quantitative estimate of drug-likeness (QED) is 0.506. The summed E-state index contributed by atoms with van der Waals surface area (Å²) in [4.78, 5) is 51.9. The second-order valence-electron chi connectivity index (χ2n) is 7.97. The van der Waals surface area contributed by atoms with E-state index in [2.05, 4.69) is 5.32 Å². The molecule has 3 amide bonds. The van der Waals surface area contributed by atoms with E-state index in [-0.39, 0.29) is 12.3 Å². The van der Waals surface area contributed by atoms with E-state index in [0.717, 1.165) is 10.4 Å². The number of esters is 1. The number of nitrogens with zero attached hydrogens (tertiary/aromatic N) is 1. The van der Waals surface area contributed by atoms with Gasteiger partial charge >= 0.3 is 5.97 Å². The molecule has 0 spiro atoms. The Morgan fingerprint density at radius 2 is 1.79 bits per heavy atom. The van der Waals surface area contributed by atoms with Gasteiger partial charge in [-0.3, -0.25) is 19.2 Å². The molecular formula is C25H23N3O5S. The summed E-state index contributed by atoms with van der Waals surface area (Å²) in [6, 6.07) is 16.8. The monoisotopic (exact) mass is 477 g/mol. The molecule has 1 fully saturated rings. The molecule has 1 saturated heterocycles. The molecule has 3 aromatic rings. The second-order valence-corrected chi connectivity index (χ2v) is 8.95. The van der Waals surface area contributed by atoms with Crippen LogP contribution in [0.5, 0.6) is 0 Å². The van der Waals surface area contributed by atoms with E-state index in [1.807, 2.05) is 48.7 Å². The van der Waals surface area contributed by atoms with Gasteiger partial charge in [-0.15, -0.1) is 11.3 Å². The zero-order chi connectivity index (χ0) is 24.2. The molecule has 2 atom stereocenters. The van der Waals surface area contributed by atoms with Gasteiger partial charge in [-0.2, -0.15) is 0 Å². The molecule has 2 heterocycles. The molecule has 174 valence electrons. The Morgan fingerprint density at radius 3 is 2.41 bits per heavy atom. The molecule has 3 N–H and O–H groups in total. The standard InChI is InChI=1S/C25H23N3O5S/c1-15-4-10-18(11-5-15)28-22(30)13-19(23(28)20-3-2-12-34-20)25(32)33-14-21(29)27-17-8-6-16(7-9-17)24(26)31/h2-12,19,23H,13-14H2,1H3,(H2,26,31)(H,27,29). The lowest BCUT2D eigenvalue weighted by Gasteiger charge is -2.27. The van der Waals surface area contributed by atoms with Crippen molar-refractivity contribution >= 4 is 46.4 Å². The van der Waals surface area contributed by atoms with Crippen LogP contribution < -0.4 is 16.0 Å². The smallest absolute Gasteiger partial charge is 0.312 e. The van der Waals surface area contributed by atoms with E-state index in [1.54, 1.807) is 4.90 Å². The third-order valence-corrected chi connectivity index (χ3v) is 6.51. The van der Waals surface area contributed by atoms with E-state index in [1.165, 1.54) is 35.6 Å². The highest BCUT2D eigenvalue weighted by Gasteiger charge is 2.46. The minimum absolute atomic E-state index is 0.00846. The van der Waals surface area contributed by atoms with Gasteiger partial charge in [0.25, 0.3) is 5.91 Å². The largest absolute Gasteiger partial charge is 0.455 e. The lowest BCUT2D eigenvalue weighted by atomic mass is 9.99. The summed E-state index contributed by atoms with van der Waals surface area (Å²) in [6.07, 6.45) is -0.00846. The van der Waals surface area contributed by atoms with E-state index < -0.39 is 36.4 Å². The first kappa shape index (κ1) is 23.2. The summed E-state index contributed by atoms with van der Waals surface area (Å²) >= 11 is 1.46. The van der Waals surface area contributed by atoms with Crippen LogP contribution in [0.25, 0.3) is 0 Å². The molecule has 0 aliphatic carbocycles. The van der Waals surface area contributed by atoms with Gasteiger partial charge in [-0.1, -0.05) is 23.8 Å². The first-order valence-corrected chi connectivity index (χ1v) is 11.5. The SMILES string of the molecule is Cc1ccc(N2C(=O)CC(C(=O)OCC(=O)Nc3ccc(C(N)=O)cc3)C2c2cccs2)cc1. The number of anilines is 2. The van der Waals surface area contributed by atoms with Crippen molar-refractivity contribution in [1.29, 1.82) is 0 Å². The minimum Gasteiger partial charge on any atom is -0.455 e. The number of thiophene rings is 1. The first-order valence-electron chi connectivity index (χ1n) is 10.6. The number of ether oxygens (including phenoxy) is 1. The van der Waals surface area contributed by atoms with Gasteiger partial charge < -0.3 is 20.7 Å². The molecule has 1 aliphatic heterocycles. The predicted octanol–water partition coefficient (Wildman–Crippen LogP) is 3.43. The summed E-state index contributed by atoms with van der Waals surface area (Å²) < 4.78 is 5.30. The van der Waals surface area contributed by atoms with Crippen LogP contribution in [0.2, 0.25) is 0 Å². The van der Waals surface area contributed by atoms with Crippen LogP contribution in [-0.4, -0.2) is 30.3 Å². The van der Waals surface area contributed by atoms with Crippen LogP contribution in [0.4, 0.5) is 11.4 Å². The predicted molar refractivity (Wildman–Crippen MR) is 128 cm³/mol. The van der Waals surface area contributed by atoms with E-state index in [4.69, 9.17) is 10.5 Å². The Balaban J connectivity index is 1.45. The Hall–Kier alpha value is -3.98.